The number of rotatable bonds is 1. The van der Waals surface area contributed by atoms with Crippen LogP contribution in [0.25, 0.3) is 17.0 Å². The number of hydrogen-bond donors (Lipinski definition) is 0. The molecule has 0 aliphatic heterocycles. The fourth-order valence-electron chi connectivity index (χ4n) is 1.59. The molecule has 1 aromatic carbocycles. The van der Waals surface area contributed by atoms with Crippen LogP contribution in [-0.2, 0) is 7.05 Å². The fourth-order valence-corrected chi connectivity index (χ4v) is 2.05. The van der Waals surface area contributed by atoms with Crippen LogP contribution >= 0.6 is 15.9 Å². The highest BCUT2D eigenvalue weighted by Gasteiger charge is 2.10. The van der Waals surface area contributed by atoms with Crippen LogP contribution in [0, 0.1) is 0 Å². The molecule has 0 radical (unpaired) electrons. The summed E-state index contributed by atoms with van der Waals surface area (Å²) in [5, 5.41) is 11.4. The summed E-state index contributed by atoms with van der Waals surface area (Å²) < 4.78 is 4.40. The maximum absolute atomic E-state index is 4.32. The van der Waals surface area contributed by atoms with E-state index in [1.165, 1.54) is 0 Å². The minimum Gasteiger partial charge on any atom is -0.266 e. The fraction of sp³-hybridized carbons (Fsp3) is 0.111. The lowest BCUT2D eigenvalue weighted by Crippen LogP contribution is -2.02. The molecule has 80 valence electrons. The highest BCUT2D eigenvalue weighted by Crippen LogP contribution is 2.23. The zero-order valence-corrected chi connectivity index (χ0v) is 9.96. The Balaban J connectivity index is 2.34. The summed E-state index contributed by atoms with van der Waals surface area (Å²) in [5.41, 5.74) is 1.86. The Morgan fingerprint density at radius 1 is 1.31 bits per heavy atom. The van der Waals surface area contributed by atoms with Gasteiger partial charge in [-0.1, -0.05) is 11.2 Å². The van der Waals surface area contributed by atoms with E-state index in [-0.39, 0.29) is 0 Å². The van der Waals surface area contributed by atoms with Crippen molar-refractivity contribution in [3.63, 3.8) is 0 Å². The SMILES string of the molecule is Cn1nnnc1-n1cnc2c(Br)cccc21. The summed E-state index contributed by atoms with van der Waals surface area (Å²) in [7, 11) is 1.79. The molecular formula is C9H7BrN6. The molecule has 0 amide bonds. The van der Waals surface area contributed by atoms with Crippen LogP contribution in [0.15, 0.2) is 29.0 Å². The first-order valence-corrected chi connectivity index (χ1v) is 5.41. The number of fused-ring (bicyclic) bond motifs is 1. The molecule has 0 aliphatic rings. The number of aryl methyl sites for hydroxylation is 1. The largest absolute Gasteiger partial charge is 0.266 e. The van der Waals surface area contributed by atoms with Crippen molar-refractivity contribution in [1.82, 2.24) is 29.8 Å². The van der Waals surface area contributed by atoms with Gasteiger partial charge in [0.15, 0.2) is 0 Å². The predicted molar refractivity (Wildman–Crippen MR) is 61.1 cm³/mol. The van der Waals surface area contributed by atoms with Crippen LogP contribution in [0.5, 0.6) is 0 Å². The molecule has 2 aromatic heterocycles. The second-order valence-corrected chi connectivity index (χ2v) is 4.18. The molecule has 0 bridgehead atoms. The lowest BCUT2D eigenvalue weighted by atomic mass is 10.3. The standard InChI is InChI=1S/C9H7BrN6/c1-15-9(12-13-14-15)16-5-11-8-6(10)3-2-4-7(8)16/h2-5H,1H3. The van der Waals surface area contributed by atoms with Crippen molar-refractivity contribution >= 4 is 27.0 Å². The van der Waals surface area contributed by atoms with Crippen LogP contribution in [0.2, 0.25) is 0 Å². The molecule has 6 nitrogen and oxygen atoms in total. The molecule has 0 fully saturated rings. The number of para-hydroxylation sites is 1. The number of aromatic nitrogens is 6. The van der Waals surface area contributed by atoms with E-state index in [1.54, 1.807) is 18.1 Å². The van der Waals surface area contributed by atoms with E-state index in [9.17, 15) is 0 Å². The van der Waals surface area contributed by atoms with Gasteiger partial charge in [0, 0.05) is 11.5 Å². The number of benzene rings is 1. The molecule has 2 heterocycles. The van der Waals surface area contributed by atoms with Crippen LogP contribution in [0.1, 0.15) is 0 Å². The Hall–Kier alpha value is -1.76. The maximum Gasteiger partial charge on any atom is 0.255 e. The van der Waals surface area contributed by atoms with Crippen molar-refractivity contribution in [2.75, 3.05) is 0 Å². The van der Waals surface area contributed by atoms with Gasteiger partial charge in [0.05, 0.1) is 5.52 Å². The van der Waals surface area contributed by atoms with Gasteiger partial charge in [-0.25, -0.2) is 9.67 Å². The van der Waals surface area contributed by atoms with Crippen molar-refractivity contribution < 1.29 is 0 Å². The minimum atomic E-state index is 0.639. The van der Waals surface area contributed by atoms with E-state index in [4.69, 9.17) is 0 Å². The van der Waals surface area contributed by atoms with Crippen molar-refractivity contribution in [3.8, 4) is 5.95 Å². The second kappa shape index (κ2) is 3.38. The van der Waals surface area contributed by atoms with Gasteiger partial charge < -0.3 is 0 Å². The molecule has 0 saturated heterocycles. The second-order valence-electron chi connectivity index (χ2n) is 3.32. The van der Waals surface area contributed by atoms with E-state index < -0.39 is 0 Å². The Kier molecular flexibility index (Phi) is 2.00. The van der Waals surface area contributed by atoms with Crippen molar-refractivity contribution in [2.24, 2.45) is 7.05 Å². The molecule has 0 spiro atoms. The lowest BCUT2D eigenvalue weighted by molar-refractivity contribution is 0.694. The number of tetrazole rings is 1. The molecule has 7 heteroatoms. The lowest BCUT2D eigenvalue weighted by Gasteiger charge is -2.00. The first-order chi connectivity index (χ1) is 7.77. The van der Waals surface area contributed by atoms with E-state index in [2.05, 4.69) is 36.4 Å². The van der Waals surface area contributed by atoms with E-state index in [0.29, 0.717) is 5.95 Å². The quantitative estimate of drug-likeness (QED) is 0.674. The zero-order valence-electron chi connectivity index (χ0n) is 8.37. The van der Waals surface area contributed by atoms with Gasteiger partial charge in [0.25, 0.3) is 5.95 Å². The van der Waals surface area contributed by atoms with Crippen molar-refractivity contribution in [2.45, 2.75) is 0 Å². The molecule has 0 N–H and O–H groups in total. The highest BCUT2D eigenvalue weighted by atomic mass is 79.9. The van der Waals surface area contributed by atoms with Crippen LogP contribution < -0.4 is 0 Å². The first kappa shape index (κ1) is 9.46. The maximum atomic E-state index is 4.32. The molecule has 3 aromatic rings. The molecule has 0 atom stereocenters. The minimum absolute atomic E-state index is 0.639. The summed E-state index contributed by atoms with van der Waals surface area (Å²) >= 11 is 3.46. The Morgan fingerprint density at radius 2 is 2.19 bits per heavy atom. The van der Waals surface area contributed by atoms with E-state index in [1.807, 2.05) is 22.8 Å². The smallest absolute Gasteiger partial charge is 0.255 e. The summed E-state index contributed by atoms with van der Waals surface area (Å²) in [6.45, 7) is 0. The van der Waals surface area contributed by atoms with Crippen LogP contribution in [0.3, 0.4) is 0 Å². The average Bonchev–Trinajstić information content (AvgIpc) is 2.84. The number of halogens is 1. The van der Waals surface area contributed by atoms with Crippen molar-refractivity contribution in [3.05, 3.63) is 29.0 Å². The van der Waals surface area contributed by atoms with E-state index in [0.717, 1.165) is 15.5 Å². The zero-order chi connectivity index (χ0) is 11.1. The van der Waals surface area contributed by atoms with Crippen LogP contribution in [0.4, 0.5) is 0 Å². The van der Waals surface area contributed by atoms with Crippen molar-refractivity contribution in [1.29, 1.82) is 0 Å². The van der Waals surface area contributed by atoms with E-state index >= 15 is 0 Å². The van der Waals surface area contributed by atoms with Gasteiger partial charge in [-0.15, -0.1) is 0 Å². The molecular weight excluding hydrogens is 272 g/mol. The first-order valence-electron chi connectivity index (χ1n) is 4.61. The third kappa shape index (κ3) is 1.25. The predicted octanol–water partition coefficient (Wildman–Crippen LogP) is 1.31. The topological polar surface area (TPSA) is 61.4 Å². The number of imidazole rings is 1. The van der Waals surface area contributed by atoms with Crippen LogP contribution in [-0.4, -0.2) is 29.8 Å². The van der Waals surface area contributed by atoms with Gasteiger partial charge in [-0.3, -0.25) is 4.57 Å². The molecule has 16 heavy (non-hydrogen) atoms. The normalized spacial score (nSPS) is 11.1. The monoisotopic (exact) mass is 278 g/mol. The third-order valence-corrected chi connectivity index (χ3v) is 2.98. The molecule has 0 unspecified atom stereocenters. The third-order valence-electron chi connectivity index (χ3n) is 2.34. The molecule has 3 rings (SSSR count). The van der Waals surface area contributed by atoms with Gasteiger partial charge in [0.2, 0.25) is 0 Å². The Bertz CT molecular complexity index is 655. The van der Waals surface area contributed by atoms with Gasteiger partial charge in [-0.2, -0.15) is 0 Å². The summed E-state index contributed by atoms with van der Waals surface area (Å²) in [5.74, 6) is 0.639. The molecule has 0 aliphatic carbocycles. The number of hydrogen-bond acceptors (Lipinski definition) is 4. The number of nitrogens with zero attached hydrogens (tertiary/aromatic N) is 6. The molecule has 0 saturated carbocycles. The highest BCUT2D eigenvalue weighted by molar-refractivity contribution is 9.10. The van der Waals surface area contributed by atoms with Gasteiger partial charge >= 0.3 is 0 Å². The Morgan fingerprint density at radius 3 is 2.94 bits per heavy atom. The summed E-state index contributed by atoms with van der Waals surface area (Å²) in [4.78, 5) is 4.32. The average molecular weight is 279 g/mol. The van der Waals surface area contributed by atoms with Gasteiger partial charge in [0.1, 0.15) is 11.8 Å². The van der Waals surface area contributed by atoms with Gasteiger partial charge in [-0.05, 0) is 38.5 Å². The Labute approximate surface area is 99.0 Å². The summed E-state index contributed by atoms with van der Waals surface area (Å²) in [6, 6.07) is 5.88. The summed E-state index contributed by atoms with van der Waals surface area (Å²) in [6.07, 6.45) is 1.71.